The van der Waals surface area contributed by atoms with Crippen LogP contribution in [-0.2, 0) is 9.59 Å². The van der Waals surface area contributed by atoms with Gasteiger partial charge in [0.25, 0.3) is 0 Å². The zero-order chi connectivity index (χ0) is 13.5. The first-order valence-corrected chi connectivity index (χ1v) is 6.14. The summed E-state index contributed by atoms with van der Waals surface area (Å²) in [5.41, 5.74) is 5.76. The van der Waals surface area contributed by atoms with Crippen molar-refractivity contribution in [2.24, 2.45) is 5.73 Å². The van der Waals surface area contributed by atoms with Gasteiger partial charge in [0.2, 0.25) is 5.91 Å². The van der Waals surface area contributed by atoms with Gasteiger partial charge >= 0.3 is 5.97 Å². The number of nitrogens with one attached hydrogen (secondary N) is 1. The van der Waals surface area contributed by atoms with E-state index >= 15 is 0 Å². The topological polar surface area (TPSA) is 116 Å². The Morgan fingerprint density at radius 3 is 2.50 bits per heavy atom. The van der Waals surface area contributed by atoms with Crippen LogP contribution in [0.3, 0.4) is 0 Å². The number of hydrogen-bond donors (Lipinski definition) is 4. The number of rotatable bonds is 6. The number of piperidine rings is 1. The summed E-state index contributed by atoms with van der Waals surface area (Å²) >= 11 is 0. The van der Waals surface area contributed by atoms with Crippen molar-refractivity contribution in [2.75, 3.05) is 26.2 Å². The molecule has 0 spiro atoms. The van der Waals surface area contributed by atoms with Crippen molar-refractivity contribution in [3.05, 3.63) is 0 Å². The van der Waals surface area contributed by atoms with Gasteiger partial charge in [-0.1, -0.05) is 0 Å². The Bertz CT molecular complexity index is 290. The molecule has 0 bridgehead atoms. The second kappa shape index (κ2) is 7.30. The predicted molar refractivity (Wildman–Crippen MR) is 64.9 cm³/mol. The third-order valence-corrected chi connectivity index (χ3v) is 3.05. The summed E-state index contributed by atoms with van der Waals surface area (Å²) in [5, 5.41) is 20.0. The Balaban J connectivity index is 2.33. The number of carboxylic acid groups (broad SMARTS) is 1. The molecule has 1 rings (SSSR count). The molecule has 7 heteroatoms. The van der Waals surface area contributed by atoms with Crippen molar-refractivity contribution >= 4 is 11.9 Å². The van der Waals surface area contributed by atoms with E-state index in [1.165, 1.54) is 0 Å². The molecule has 1 aliphatic rings. The highest BCUT2D eigenvalue weighted by Gasteiger charge is 2.22. The highest BCUT2D eigenvalue weighted by molar-refractivity contribution is 5.84. The maximum atomic E-state index is 11.7. The van der Waals surface area contributed by atoms with Gasteiger partial charge in [-0.25, -0.2) is 4.79 Å². The van der Waals surface area contributed by atoms with Crippen LogP contribution in [0.4, 0.5) is 0 Å². The molecule has 104 valence electrons. The van der Waals surface area contributed by atoms with E-state index in [1.54, 1.807) is 0 Å². The number of hydrogen-bond acceptors (Lipinski definition) is 5. The smallest absolute Gasteiger partial charge is 0.326 e. The van der Waals surface area contributed by atoms with E-state index in [1.807, 2.05) is 4.90 Å². The minimum Gasteiger partial charge on any atom is -0.480 e. The number of nitrogens with two attached hydrogens (primary N) is 1. The Hall–Kier alpha value is -1.18. The van der Waals surface area contributed by atoms with Gasteiger partial charge in [-0.3, -0.25) is 9.69 Å². The van der Waals surface area contributed by atoms with Gasteiger partial charge in [-0.05, 0) is 12.8 Å². The largest absolute Gasteiger partial charge is 0.480 e. The fourth-order valence-corrected chi connectivity index (χ4v) is 1.94. The van der Waals surface area contributed by atoms with Crippen molar-refractivity contribution in [2.45, 2.75) is 31.3 Å². The molecule has 1 aliphatic heterocycles. The summed E-state index contributed by atoms with van der Waals surface area (Å²) in [6.45, 7) is 1.43. The minimum absolute atomic E-state index is 0.0198. The van der Waals surface area contributed by atoms with E-state index in [4.69, 9.17) is 15.9 Å². The molecule has 0 aromatic carbocycles. The number of likely N-dealkylation sites (tertiary alicyclic amines) is 1. The van der Waals surface area contributed by atoms with Gasteiger partial charge in [0.05, 0.1) is 6.54 Å². The molecular weight excluding hydrogens is 238 g/mol. The van der Waals surface area contributed by atoms with E-state index in [0.29, 0.717) is 0 Å². The lowest BCUT2D eigenvalue weighted by Gasteiger charge is -2.29. The molecular formula is C11H21N3O4. The molecule has 0 saturated carbocycles. The highest BCUT2D eigenvalue weighted by atomic mass is 16.4. The van der Waals surface area contributed by atoms with Crippen LogP contribution in [0.1, 0.15) is 19.3 Å². The second-order valence-corrected chi connectivity index (χ2v) is 4.58. The lowest BCUT2D eigenvalue weighted by atomic mass is 10.1. The van der Waals surface area contributed by atoms with E-state index in [0.717, 1.165) is 25.9 Å². The molecule has 0 unspecified atom stereocenters. The Morgan fingerprint density at radius 1 is 1.39 bits per heavy atom. The van der Waals surface area contributed by atoms with Gasteiger partial charge < -0.3 is 21.3 Å². The predicted octanol–water partition coefficient (Wildman–Crippen LogP) is -1.64. The van der Waals surface area contributed by atoms with Gasteiger partial charge in [0.1, 0.15) is 6.04 Å². The standard InChI is InChI=1S/C11H21N3O4/c12-8-1-4-14(5-2-8)7-10(16)13-9(3-6-15)11(17)18/h8-9,15H,1-7,12H2,(H,13,16)(H,17,18)/t9-/m0/s1. The maximum Gasteiger partial charge on any atom is 0.326 e. The van der Waals surface area contributed by atoms with E-state index in [-0.39, 0.29) is 31.5 Å². The zero-order valence-electron chi connectivity index (χ0n) is 10.3. The second-order valence-electron chi connectivity index (χ2n) is 4.58. The van der Waals surface area contributed by atoms with E-state index in [2.05, 4.69) is 5.32 Å². The molecule has 0 radical (unpaired) electrons. The normalized spacial score (nSPS) is 19.4. The van der Waals surface area contributed by atoms with Gasteiger partial charge in [-0.15, -0.1) is 0 Å². The average Bonchev–Trinajstić information content (AvgIpc) is 2.31. The average molecular weight is 259 g/mol. The quantitative estimate of drug-likeness (QED) is 0.455. The third kappa shape index (κ3) is 4.99. The van der Waals surface area contributed by atoms with Crippen molar-refractivity contribution < 1.29 is 19.8 Å². The SMILES string of the molecule is NC1CCN(CC(=O)N[C@@H](CCO)C(=O)O)CC1. The van der Waals surface area contributed by atoms with E-state index < -0.39 is 12.0 Å². The fraction of sp³-hybridized carbons (Fsp3) is 0.818. The molecule has 1 saturated heterocycles. The van der Waals surface area contributed by atoms with Crippen LogP contribution in [0.15, 0.2) is 0 Å². The Morgan fingerprint density at radius 2 is 2.00 bits per heavy atom. The lowest BCUT2D eigenvalue weighted by Crippen LogP contribution is -2.48. The minimum atomic E-state index is -1.13. The Kier molecular flexibility index (Phi) is 6.03. The molecule has 7 nitrogen and oxygen atoms in total. The number of carbonyl (C=O) groups excluding carboxylic acids is 1. The van der Waals surface area contributed by atoms with Crippen molar-refractivity contribution in [1.82, 2.24) is 10.2 Å². The van der Waals surface area contributed by atoms with E-state index in [9.17, 15) is 9.59 Å². The van der Waals surface area contributed by atoms with Crippen LogP contribution in [-0.4, -0.2) is 65.3 Å². The summed E-state index contributed by atoms with van der Waals surface area (Å²) in [5.74, 6) is -1.45. The number of nitrogens with zero attached hydrogens (tertiary/aromatic N) is 1. The first-order chi connectivity index (χ1) is 8.52. The molecule has 1 fully saturated rings. The number of carbonyl (C=O) groups is 2. The van der Waals surface area contributed by atoms with Crippen molar-refractivity contribution in [1.29, 1.82) is 0 Å². The summed E-state index contributed by atoms with van der Waals surface area (Å²) in [6.07, 6.45) is 1.73. The molecule has 0 aromatic rings. The first kappa shape index (κ1) is 14.9. The number of aliphatic hydroxyl groups is 1. The monoisotopic (exact) mass is 259 g/mol. The zero-order valence-corrected chi connectivity index (χ0v) is 10.3. The summed E-state index contributed by atoms with van der Waals surface area (Å²) in [7, 11) is 0. The van der Waals surface area contributed by atoms with Crippen LogP contribution in [0.5, 0.6) is 0 Å². The lowest BCUT2D eigenvalue weighted by molar-refractivity contribution is -0.142. The number of aliphatic hydroxyl groups excluding tert-OH is 1. The summed E-state index contributed by atoms with van der Waals surface area (Å²) in [6, 6.07) is -0.819. The Labute approximate surface area is 106 Å². The molecule has 0 aliphatic carbocycles. The summed E-state index contributed by atoms with van der Waals surface area (Å²) in [4.78, 5) is 24.4. The first-order valence-electron chi connectivity index (χ1n) is 6.14. The molecule has 5 N–H and O–H groups in total. The van der Waals surface area contributed by atoms with Crippen molar-refractivity contribution in [3.8, 4) is 0 Å². The van der Waals surface area contributed by atoms with Crippen LogP contribution in [0, 0.1) is 0 Å². The number of aliphatic carboxylic acids is 1. The number of carboxylic acids is 1. The van der Waals surface area contributed by atoms with Gasteiger partial charge in [-0.2, -0.15) is 0 Å². The molecule has 1 atom stereocenters. The van der Waals surface area contributed by atoms with Crippen LogP contribution >= 0.6 is 0 Å². The molecule has 1 amide bonds. The third-order valence-electron chi connectivity index (χ3n) is 3.05. The molecule has 18 heavy (non-hydrogen) atoms. The van der Waals surface area contributed by atoms with Crippen LogP contribution in [0.25, 0.3) is 0 Å². The van der Waals surface area contributed by atoms with Crippen LogP contribution in [0.2, 0.25) is 0 Å². The molecule has 0 aromatic heterocycles. The number of amides is 1. The van der Waals surface area contributed by atoms with Gasteiger partial charge in [0.15, 0.2) is 0 Å². The van der Waals surface area contributed by atoms with Crippen molar-refractivity contribution in [3.63, 3.8) is 0 Å². The summed E-state index contributed by atoms with van der Waals surface area (Å²) < 4.78 is 0. The maximum absolute atomic E-state index is 11.7. The van der Waals surface area contributed by atoms with Gasteiger partial charge in [0, 0.05) is 32.2 Å². The fourth-order valence-electron chi connectivity index (χ4n) is 1.94. The van der Waals surface area contributed by atoms with Crippen LogP contribution < -0.4 is 11.1 Å². The highest BCUT2D eigenvalue weighted by Crippen LogP contribution is 2.07. The molecule has 1 heterocycles.